The molecule has 0 saturated carbocycles. The summed E-state index contributed by atoms with van der Waals surface area (Å²) in [7, 11) is 0. The third-order valence-corrected chi connectivity index (χ3v) is 3.54. The Bertz CT molecular complexity index is 192. The molecule has 2 rings (SSSR count). The first-order valence-corrected chi connectivity index (χ1v) is 4.97. The molecular weight excluding hydrogens is 168 g/mol. The molecule has 2 fully saturated rings. The van der Waals surface area contributed by atoms with Crippen molar-refractivity contribution >= 4 is 0 Å². The summed E-state index contributed by atoms with van der Waals surface area (Å²) in [5, 5.41) is 13.1. The zero-order chi connectivity index (χ0) is 9.47. The van der Waals surface area contributed by atoms with E-state index in [1.54, 1.807) is 0 Å². The van der Waals surface area contributed by atoms with Crippen molar-refractivity contribution in [2.45, 2.75) is 38.2 Å². The van der Waals surface area contributed by atoms with Crippen molar-refractivity contribution < 1.29 is 9.84 Å². The van der Waals surface area contributed by atoms with E-state index in [2.05, 4.69) is 5.32 Å². The van der Waals surface area contributed by atoms with E-state index in [0.717, 1.165) is 25.9 Å². The number of rotatable bonds is 0. The van der Waals surface area contributed by atoms with Gasteiger partial charge in [0.05, 0.1) is 6.10 Å². The zero-order valence-electron chi connectivity index (χ0n) is 7.99. The van der Waals surface area contributed by atoms with Crippen LogP contribution in [0.4, 0.5) is 0 Å². The standard InChI is InChI=1S/C9H18N2O2/c1-6-7(10)9(8(12)13-6)2-4-11-5-3-9/h6-8,11-12H,2-5,10H2,1H3/t6-,7+,8?/m0/s1. The lowest BCUT2D eigenvalue weighted by molar-refractivity contribution is -0.139. The highest BCUT2D eigenvalue weighted by molar-refractivity contribution is 5.02. The van der Waals surface area contributed by atoms with Crippen LogP contribution in [-0.2, 0) is 4.74 Å². The van der Waals surface area contributed by atoms with E-state index in [4.69, 9.17) is 10.5 Å². The van der Waals surface area contributed by atoms with Crippen LogP contribution in [0.1, 0.15) is 19.8 Å². The third kappa shape index (κ3) is 1.29. The number of aliphatic hydroxyl groups excluding tert-OH is 1. The van der Waals surface area contributed by atoms with Crippen molar-refractivity contribution in [1.82, 2.24) is 5.32 Å². The molecule has 0 aromatic carbocycles. The highest BCUT2D eigenvalue weighted by Crippen LogP contribution is 2.43. The second kappa shape index (κ2) is 3.20. The molecule has 4 nitrogen and oxygen atoms in total. The number of nitrogens with one attached hydrogen (secondary N) is 1. The summed E-state index contributed by atoms with van der Waals surface area (Å²) in [5.74, 6) is 0. The lowest BCUT2D eigenvalue weighted by Crippen LogP contribution is -2.52. The Morgan fingerprint density at radius 2 is 2.08 bits per heavy atom. The number of hydrogen-bond acceptors (Lipinski definition) is 4. The van der Waals surface area contributed by atoms with E-state index in [1.807, 2.05) is 6.92 Å². The van der Waals surface area contributed by atoms with Gasteiger partial charge in [0.2, 0.25) is 0 Å². The van der Waals surface area contributed by atoms with Crippen molar-refractivity contribution in [3.05, 3.63) is 0 Å². The maximum Gasteiger partial charge on any atom is 0.162 e. The monoisotopic (exact) mass is 186 g/mol. The smallest absolute Gasteiger partial charge is 0.162 e. The molecular formula is C9H18N2O2. The molecule has 0 aromatic heterocycles. The molecule has 13 heavy (non-hydrogen) atoms. The summed E-state index contributed by atoms with van der Waals surface area (Å²) < 4.78 is 5.37. The molecule has 1 spiro atoms. The van der Waals surface area contributed by atoms with Gasteiger partial charge in [-0.05, 0) is 32.9 Å². The predicted octanol–water partition coefficient (Wildman–Crippen LogP) is -0.579. The Balaban J connectivity index is 2.18. The van der Waals surface area contributed by atoms with E-state index in [1.165, 1.54) is 0 Å². The Labute approximate surface area is 78.4 Å². The topological polar surface area (TPSA) is 67.5 Å². The van der Waals surface area contributed by atoms with Crippen LogP contribution in [0.5, 0.6) is 0 Å². The van der Waals surface area contributed by atoms with Crippen LogP contribution >= 0.6 is 0 Å². The highest BCUT2D eigenvalue weighted by atomic mass is 16.6. The van der Waals surface area contributed by atoms with Crippen molar-refractivity contribution in [2.75, 3.05) is 13.1 Å². The fourth-order valence-electron chi connectivity index (χ4n) is 2.53. The normalized spacial score (nSPS) is 44.1. The number of hydrogen-bond donors (Lipinski definition) is 3. The fraction of sp³-hybridized carbons (Fsp3) is 1.00. The molecule has 2 aliphatic rings. The second-order valence-electron chi connectivity index (χ2n) is 4.20. The van der Waals surface area contributed by atoms with Crippen LogP contribution in [0, 0.1) is 5.41 Å². The van der Waals surface area contributed by atoms with Gasteiger partial charge < -0.3 is 20.9 Å². The van der Waals surface area contributed by atoms with Crippen LogP contribution in [0.3, 0.4) is 0 Å². The van der Waals surface area contributed by atoms with Gasteiger partial charge in [-0.15, -0.1) is 0 Å². The van der Waals surface area contributed by atoms with Gasteiger partial charge in [-0.25, -0.2) is 0 Å². The Morgan fingerprint density at radius 1 is 1.46 bits per heavy atom. The molecule has 1 unspecified atom stereocenters. The van der Waals surface area contributed by atoms with Crippen LogP contribution in [-0.4, -0.2) is 36.6 Å². The van der Waals surface area contributed by atoms with Crippen LogP contribution in [0.25, 0.3) is 0 Å². The molecule has 0 aliphatic carbocycles. The Hall–Kier alpha value is -0.160. The minimum Gasteiger partial charge on any atom is -0.367 e. The van der Waals surface area contributed by atoms with Gasteiger partial charge in [-0.1, -0.05) is 0 Å². The quantitative estimate of drug-likeness (QED) is 0.473. The van der Waals surface area contributed by atoms with E-state index in [-0.39, 0.29) is 17.6 Å². The van der Waals surface area contributed by atoms with Crippen molar-refractivity contribution in [1.29, 1.82) is 0 Å². The van der Waals surface area contributed by atoms with Gasteiger partial charge in [0.1, 0.15) is 0 Å². The molecule has 2 aliphatic heterocycles. The van der Waals surface area contributed by atoms with Gasteiger partial charge in [0, 0.05) is 11.5 Å². The summed E-state index contributed by atoms with van der Waals surface area (Å²) in [6.07, 6.45) is 1.15. The molecule has 2 saturated heterocycles. The fourth-order valence-corrected chi connectivity index (χ4v) is 2.53. The summed E-state index contributed by atoms with van der Waals surface area (Å²) >= 11 is 0. The molecule has 4 N–H and O–H groups in total. The van der Waals surface area contributed by atoms with Gasteiger partial charge in [0.25, 0.3) is 0 Å². The summed E-state index contributed by atoms with van der Waals surface area (Å²) in [4.78, 5) is 0. The number of nitrogens with two attached hydrogens (primary N) is 1. The first-order chi connectivity index (χ1) is 6.17. The first-order valence-electron chi connectivity index (χ1n) is 4.97. The Kier molecular flexibility index (Phi) is 2.32. The molecule has 76 valence electrons. The maximum atomic E-state index is 9.82. The molecule has 0 aromatic rings. The molecule has 0 amide bonds. The highest BCUT2D eigenvalue weighted by Gasteiger charge is 2.52. The maximum absolute atomic E-state index is 9.82. The van der Waals surface area contributed by atoms with Crippen LogP contribution in [0.2, 0.25) is 0 Å². The molecule has 3 atom stereocenters. The molecule has 4 heteroatoms. The number of aliphatic hydroxyl groups is 1. The van der Waals surface area contributed by atoms with Crippen molar-refractivity contribution in [3.8, 4) is 0 Å². The number of ether oxygens (including phenoxy) is 1. The largest absolute Gasteiger partial charge is 0.367 e. The summed E-state index contributed by atoms with van der Waals surface area (Å²) in [6, 6.07) is -0.0235. The minimum absolute atomic E-state index is 0.0203. The van der Waals surface area contributed by atoms with Crippen molar-refractivity contribution in [2.24, 2.45) is 11.1 Å². The van der Waals surface area contributed by atoms with E-state index >= 15 is 0 Å². The minimum atomic E-state index is -0.667. The van der Waals surface area contributed by atoms with Gasteiger partial charge >= 0.3 is 0 Å². The Morgan fingerprint density at radius 3 is 2.54 bits per heavy atom. The van der Waals surface area contributed by atoms with Crippen LogP contribution in [0.15, 0.2) is 0 Å². The third-order valence-electron chi connectivity index (χ3n) is 3.54. The second-order valence-corrected chi connectivity index (χ2v) is 4.20. The average molecular weight is 186 g/mol. The number of piperidine rings is 1. The SMILES string of the molecule is C[C@@H]1OC(O)C2(CCNCC2)[C@@H]1N. The van der Waals surface area contributed by atoms with Gasteiger partial charge in [-0.3, -0.25) is 0 Å². The first kappa shape index (κ1) is 9.40. The van der Waals surface area contributed by atoms with Crippen molar-refractivity contribution in [3.63, 3.8) is 0 Å². The summed E-state index contributed by atoms with van der Waals surface area (Å²) in [6.45, 7) is 3.80. The summed E-state index contributed by atoms with van der Waals surface area (Å²) in [5.41, 5.74) is 5.88. The van der Waals surface area contributed by atoms with Gasteiger partial charge in [0.15, 0.2) is 6.29 Å². The molecule has 0 bridgehead atoms. The van der Waals surface area contributed by atoms with Gasteiger partial charge in [-0.2, -0.15) is 0 Å². The lowest BCUT2D eigenvalue weighted by atomic mass is 9.73. The average Bonchev–Trinajstić information content (AvgIpc) is 2.34. The molecule has 2 heterocycles. The van der Waals surface area contributed by atoms with E-state index < -0.39 is 6.29 Å². The molecule has 0 radical (unpaired) electrons. The zero-order valence-corrected chi connectivity index (χ0v) is 7.99. The predicted molar refractivity (Wildman–Crippen MR) is 49.1 cm³/mol. The van der Waals surface area contributed by atoms with E-state index in [9.17, 15) is 5.11 Å². The van der Waals surface area contributed by atoms with E-state index in [0.29, 0.717) is 0 Å². The van der Waals surface area contributed by atoms with Crippen LogP contribution < -0.4 is 11.1 Å². The lowest BCUT2D eigenvalue weighted by Gasteiger charge is -2.38.